The second-order valence-corrected chi connectivity index (χ2v) is 15.3. The Hall–Kier alpha value is -1.28. The molecule has 2 aliphatic heterocycles. The number of hydrogen-bond donors (Lipinski definition) is 6. The van der Waals surface area contributed by atoms with Gasteiger partial charge in [-0.05, 0) is 38.2 Å². The maximum Gasteiger partial charge on any atom is 0.186 e. The van der Waals surface area contributed by atoms with Gasteiger partial charge in [0.1, 0.15) is 24.4 Å². The zero-order valence-electron chi connectivity index (χ0n) is 33.9. The van der Waals surface area contributed by atoms with Gasteiger partial charge in [-0.1, -0.05) is 154 Å². The van der Waals surface area contributed by atoms with E-state index in [1.165, 1.54) is 122 Å². The van der Waals surface area contributed by atoms with Gasteiger partial charge in [0, 0.05) is 0 Å². The molecule has 54 heavy (non-hydrogen) atoms. The van der Waals surface area contributed by atoms with E-state index < -0.39 is 43.4 Å². The molecule has 0 radical (unpaired) electrons. The monoisotopic (exact) mass is 778 g/mol. The van der Waals surface area contributed by atoms with Crippen LogP contribution in [0, 0.1) is 0 Å². The molecule has 11 heteroatoms. The average molecular weight is 778 g/mol. The minimum Gasteiger partial charge on any atom is -0.394 e. The van der Waals surface area contributed by atoms with Crippen molar-refractivity contribution in [2.45, 2.75) is 210 Å². The Morgan fingerprint density at radius 3 is 1.72 bits per heavy atom. The lowest BCUT2D eigenvalue weighted by Gasteiger charge is -2.39. The number of hydrogen-bond acceptors (Lipinski definition) is 9. The van der Waals surface area contributed by atoms with E-state index in [0.717, 1.165) is 57.3 Å². The Labute approximate surface area is 327 Å². The molecule has 2 fully saturated rings. The van der Waals surface area contributed by atoms with Crippen LogP contribution >= 0.6 is 0 Å². The molecule has 7 N–H and O–H groups in total. The molecule has 0 amide bonds. The number of aliphatic hydroxyl groups excluding tert-OH is 5. The van der Waals surface area contributed by atoms with E-state index in [1.54, 1.807) is 0 Å². The fourth-order valence-corrected chi connectivity index (χ4v) is 6.64. The lowest BCUT2D eigenvalue weighted by molar-refractivity contribution is -0.301. The highest BCUT2D eigenvalue weighted by atomic mass is 19.1. The van der Waals surface area contributed by atoms with Crippen LogP contribution in [0.5, 0.6) is 0 Å². The van der Waals surface area contributed by atoms with Gasteiger partial charge < -0.3 is 45.5 Å². The van der Waals surface area contributed by atoms with E-state index in [1.807, 2.05) is 0 Å². The standard InChI is InChI=1S/C24H48O7.C17H30FNO.C2H3F/c1-2-3-4-5-6-7-8-9-10-11-12-13-14-15-19(26)16-17-30-24-23(29)22(28)21(27)20(18-25)31-24;1-16(11-13-18)10-8-6-4-2-3-5-7-9-12-17(19)14-20-15-17;1-2-3/h19-29H,2-18H2,1H3;11,13H,1-10,12,14-15,19H2;2H,1H2/b;13-11+;. The number of nitrogens with two attached hydrogens (primary N) is 1. The molecule has 2 rings (SSSR count). The largest absolute Gasteiger partial charge is 0.394 e. The minimum absolute atomic E-state index is 0.00352. The van der Waals surface area contributed by atoms with E-state index >= 15 is 0 Å². The lowest BCUT2D eigenvalue weighted by atomic mass is 9.91. The molecule has 2 aliphatic rings. The van der Waals surface area contributed by atoms with Crippen LogP contribution in [0.4, 0.5) is 8.78 Å². The molecular weight excluding hydrogens is 696 g/mol. The van der Waals surface area contributed by atoms with Crippen molar-refractivity contribution in [1.82, 2.24) is 0 Å². The third-order valence-corrected chi connectivity index (χ3v) is 10.2. The van der Waals surface area contributed by atoms with Gasteiger partial charge in [0.25, 0.3) is 0 Å². The van der Waals surface area contributed by atoms with Crippen molar-refractivity contribution < 1.29 is 48.5 Å². The summed E-state index contributed by atoms with van der Waals surface area (Å²) in [6.45, 7) is 9.93. The normalized spacial score (nSPS) is 22.4. The highest BCUT2D eigenvalue weighted by Gasteiger charge is 2.44. The Balaban J connectivity index is 0.00000105. The van der Waals surface area contributed by atoms with Crippen LogP contribution in [0.1, 0.15) is 167 Å². The van der Waals surface area contributed by atoms with Crippen molar-refractivity contribution in [1.29, 1.82) is 0 Å². The molecule has 0 spiro atoms. The van der Waals surface area contributed by atoms with Crippen molar-refractivity contribution >= 4 is 0 Å². The zero-order valence-corrected chi connectivity index (χ0v) is 33.9. The topological polar surface area (TPSA) is 155 Å². The molecule has 0 aliphatic carbocycles. The van der Waals surface area contributed by atoms with Gasteiger partial charge in [0.05, 0.1) is 50.7 Å². The van der Waals surface area contributed by atoms with Crippen molar-refractivity contribution in [2.75, 3.05) is 26.4 Å². The molecule has 2 heterocycles. The van der Waals surface area contributed by atoms with Gasteiger partial charge in [-0.2, -0.15) is 0 Å². The molecule has 0 saturated carbocycles. The molecule has 6 unspecified atom stereocenters. The number of unbranched alkanes of at least 4 members (excludes halogenated alkanes) is 19. The predicted molar refractivity (Wildman–Crippen MR) is 215 cm³/mol. The van der Waals surface area contributed by atoms with Crippen LogP contribution < -0.4 is 5.73 Å². The van der Waals surface area contributed by atoms with Crippen molar-refractivity contribution in [2.24, 2.45) is 5.73 Å². The minimum atomic E-state index is -1.44. The molecule has 0 aromatic heterocycles. The van der Waals surface area contributed by atoms with Gasteiger partial charge in [-0.25, -0.2) is 8.78 Å². The molecule has 6 atom stereocenters. The Morgan fingerprint density at radius 1 is 0.778 bits per heavy atom. The summed E-state index contributed by atoms with van der Waals surface area (Å²) in [6.07, 6.45) is 25.6. The van der Waals surface area contributed by atoms with Crippen LogP contribution in [0.25, 0.3) is 0 Å². The van der Waals surface area contributed by atoms with Crippen molar-refractivity contribution in [3.05, 3.63) is 37.5 Å². The predicted octanol–water partition coefficient (Wildman–Crippen LogP) is 8.79. The molecule has 0 bridgehead atoms. The van der Waals surface area contributed by atoms with E-state index in [9.17, 15) is 34.3 Å². The van der Waals surface area contributed by atoms with Crippen LogP contribution in [-0.4, -0.2) is 94.3 Å². The number of halogens is 2. The number of ether oxygens (including phenoxy) is 3. The highest BCUT2D eigenvalue weighted by molar-refractivity contribution is 5.11. The van der Waals surface area contributed by atoms with Gasteiger partial charge in [0.15, 0.2) is 6.29 Å². The summed E-state index contributed by atoms with van der Waals surface area (Å²) in [5.41, 5.74) is 6.97. The third-order valence-electron chi connectivity index (χ3n) is 10.2. The van der Waals surface area contributed by atoms with Crippen LogP contribution in [0.15, 0.2) is 37.5 Å². The summed E-state index contributed by atoms with van der Waals surface area (Å²) in [4.78, 5) is 0. The van der Waals surface area contributed by atoms with Crippen molar-refractivity contribution in [3.63, 3.8) is 0 Å². The summed E-state index contributed by atoms with van der Waals surface area (Å²) < 4.78 is 37.8. The molecule has 9 nitrogen and oxygen atoms in total. The first kappa shape index (κ1) is 52.7. The highest BCUT2D eigenvalue weighted by Crippen LogP contribution is 2.23. The Bertz CT molecular complexity index is 892. The van der Waals surface area contributed by atoms with Crippen LogP contribution in [0.3, 0.4) is 0 Å². The molecule has 2 saturated heterocycles. The van der Waals surface area contributed by atoms with Crippen LogP contribution in [-0.2, 0) is 14.2 Å². The number of aliphatic hydroxyl groups is 5. The fraction of sp³-hybridized carbons (Fsp3) is 0.860. The Morgan fingerprint density at radius 2 is 1.26 bits per heavy atom. The van der Waals surface area contributed by atoms with Crippen molar-refractivity contribution in [3.8, 4) is 0 Å². The lowest BCUT2D eigenvalue weighted by Crippen LogP contribution is -2.59. The van der Waals surface area contributed by atoms with E-state index in [0.29, 0.717) is 12.8 Å². The molecule has 0 aromatic rings. The molecular formula is C43H81F2NO8. The van der Waals surface area contributed by atoms with E-state index in [2.05, 4.69) is 20.1 Å². The van der Waals surface area contributed by atoms with Gasteiger partial charge >= 0.3 is 0 Å². The summed E-state index contributed by atoms with van der Waals surface area (Å²) in [7, 11) is 0. The maximum absolute atomic E-state index is 11.9. The quantitative estimate of drug-likeness (QED) is 0.0299. The fourth-order valence-electron chi connectivity index (χ4n) is 6.64. The van der Waals surface area contributed by atoms with Gasteiger partial charge in [0.2, 0.25) is 0 Å². The van der Waals surface area contributed by atoms with Gasteiger partial charge in [-0.3, -0.25) is 0 Å². The summed E-state index contributed by atoms with van der Waals surface area (Å²) in [6, 6.07) is 0. The second-order valence-electron chi connectivity index (χ2n) is 15.3. The first-order valence-corrected chi connectivity index (χ1v) is 21.2. The van der Waals surface area contributed by atoms with E-state index in [4.69, 9.17) is 19.9 Å². The van der Waals surface area contributed by atoms with E-state index in [-0.39, 0.29) is 18.5 Å². The summed E-state index contributed by atoms with van der Waals surface area (Å²) in [5.74, 6) is 0. The van der Waals surface area contributed by atoms with Gasteiger partial charge in [-0.15, -0.1) is 0 Å². The number of allylic oxidation sites excluding steroid dienone is 2. The number of rotatable bonds is 31. The summed E-state index contributed by atoms with van der Waals surface area (Å²) in [5, 5.41) is 48.7. The first-order chi connectivity index (χ1) is 26.1. The third kappa shape index (κ3) is 28.2. The SMILES string of the molecule is C=C(/C=C/F)CCCCCCCCCCC1(N)COC1.C=CF.CCCCCCCCCCCCCCCC(O)CCOC1OC(CO)C(O)C(O)C1O. The average Bonchev–Trinajstić information content (AvgIpc) is 3.14. The second kappa shape index (κ2) is 36.1. The first-order valence-electron chi connectivity index (χ1n) is 21.2. The van der Waals surface area contributed by atoms with Crippen LogP contribution in [0.2, 0.25) is 0 Å². The molecule has 0 aromatic carbocycles. The molecule has 320 valence electrons. The Kier molecular flexibility index (Phi) is 35.2. The maximum atomic E-state index is 11.9. The zero-order chi connectivity index (χ0) is 40.3. The smallest absolute Gasteiger partial charge is 0.186 e. The summed E-state index contributed by atoms with van der Waals surface area (Å²) >= 11 is 0.